The minimum Gasteiger partial charge on any atom is -0.505 e. The Balaban J connectivity index is 1.73. The van der Waals surface area contributed by atoms with E-state index in [1.165, 1.54) is 12.1 Å². The van der Waals surface area contributed by atoms with E-state index in [0.717, 1.165) is 11.1 Å². The molecule has 1 amide bonds. The van der Waals surface area contributed by atoms with Crippen LogP contribution in [0.3, 0.4) is 0 Å². The lowest BCUT2D eigenvalue weighted by molar-refractivity contribution is 0.0814. The number of hydrogen-bond donors (Lipinski definition) is 1. The monoisotopic (exact) mass is 419 g/mol. The number of amides is 1. The summed E-state index contributed by atoms with van der Waals surface area (Å²) >= 11 is 0. The normalized spacial score (nSPS) is 17.1. The van der Waals surface area contributed by atoms with E-state index in [0.29, 0.717) is 47.5 Å². The first-order valence-electron chi connectivity index (χ1n) is 10.1. The molecule has 0 atom stereocenters. The summed E-state index contributed by atoms with van der Waals surface area (Å²) in [6, 6.07) is 8.28. The number of ether oxygens (including phenoxy) is 1. The molecule has 2 aliphatic rings. The number of halogens is 1. The van der Waals surface area contributed by atoms with Crippen molar-refractivity contribution in [3.05, 3.63) is 70.2 Å². The number of phenols is 1. The van der Waals surface area contributed by atoms with Crippen LogP contribution in [0.5, 0.6) is 5.75 Å². The van der Waals surface area contributed by atoms with Gasteiger partial charge in [0.15, 0.2) is 5.75 Å². The fraction of sp³-hybridized carbons (Fsp3) is 0.292. The molecule has 2 aromatic carbocycles. The highest BCUT2D eigenvalue weighted by Crippen LogP contribution is 2.41. The molecule has 158 valence electrons. The van der Waals surface area contributed by atoms with Gasteiger partial charge in [-0.15, -0.1) is 0 Å². The first-order chi connectivity index (χ1) is 14.7. The Morgan fingerprint density at radius 2 is 1.94 bits per heavy atom. The number of benzene rings is 2. The molecule has 3 aromatic rings. The van der Waals surface area contributed by atoms with Crippen LogP contribution in [0.4, 0.5) is 4.39 Å². The van der Waals surface area contributed by atoms with Gasteiger partial charge in [0.2, 0.25) is 5.90 Å². The maximum Gasteiger partial charge on any atom is 0.258 e. The third-order valence-electron chi connectivity index (χ3n) is 5.74. The summed E-state index contributed by atoms with van der Waals surface area (Å²) in [6.07, 6.45) is 2.23. The van der Waals surface area contributed by atoms with Gasteiger partial charge in [0.25, 0.3) is 5.91 Å². The minimum atomic E-state index is -0.375. The molecule has 7 heteroatoms. The SMILES string of the molecule is CN1Cc2c(c(O)c3ncc(Cc4ccc(F)cc4)cc3c2C2=NC(C)(C)CO2)C1=O. The van der Waals surface area contributed by atoms with Gasteiger partial charge in [0, 0.05) is 30.7 Å². The van der Waals surface area contributed by atoms with E-state index in [4.69, 9.17) is 9.73 Å². The van der Waals surface area contributed by atoms with E-state index in [9.17, 15) is 14.3 Å². The number of hydrogen-bond acceptors (Lipinski definition) is 5. The Bertz CT molecular complexity index is 1270. The lowest BCUT2D eigenvalue weighted by atomic mass is 9.94. The van der Waals surface area contributed by atoms with Gasteiger partial charge >= 0.3 is 0 Å². The number of pyridine rings is 1. The smallest absolute Gasteiger partial charge is 0.258 e. The van der Waals surface area contributed by atoms with Crippen LogP contribution in [0, 0.1) is 5.82 Å². The Labute approximate surface area is 179 Å². The fourth-order valence-electron chi connectivity index (χ4n) is 4.22. The number of fused-ring (bicyclic) bond motifs is 2. The summed E-state index contributed by atoms with van der Waals surface area (Å²) in [4.78, 5) is 23.5. The lowest BCUT2D eigenvalue weighted by Gasteiger charge is -2.14. The largest absolute Gasteiger partial charge is 0.505 e. The second-order valence-electron chi connectivity index (χ2n) is 8.80. The van der Waals surface area contributed by atoms with Crippen LogP contribution in [0.2, 0.25) is 0 Å². The highest BCUT2D eigenvalue weighted by atomic mass is 19.1. The second kappa shape index (κ2) is 6.77. The van der Waals surface area contributed by atoms with Crippen molar-refractivity contribution in [1.29, 1.82) is 0 Å². The van der Waals surface area contributed by atoms with Crippen LogP contribution in [-0.2, 0) is 17.7 Å². The molecule has 0 spiro atoms. The van der Waals surface area contributed by atoms with Gasteiger partial charge in [0.1, 0.15) is 17.9 Å². The average Bonchev–Trinajstić information content (AvgIpc) is 3.23. The molecule has 6 nitrogen and oxygen atoms in total. The Morgan fingerprint density at radius 3 is 2.61 bits per heavy atom. The molecule has 2 aliphatic heterocycles. The predicted octanol–water partition coefficient (Wildman–Crippen LogP) is 3.81. The third-order valence-corrected chi connectivity index (χ3v) is 5.74. The molecule has 1 N–H and O–H groups in total. The molecule has 5 rings (SSSR count). The number of carbonyl (C=O) groups excluding carboxylic acids is 1. The Hall–Kier alpha value is -3.48. The van der Waals surface area contributed by atoms with Gasteiger partial charge in [-0.3, -0.25) is 9.78 Å². The molecule has 31 heavy (non-hydrogen) atoms. The van der Waals surface area contributed by atoms with Gasteiger partial charge in [-0.05, 0) is 49.6 Å². The van der Waals surface area contributed by atoms with Crippen molar-refractivity contribution in [2.45, 2.75) is 32.4 Å². The van der Waals surface area contributed by atoms with Crippen LogP contribution in [0.1, 0.15) is 46.5 Å². The molecule has 0 unspecified atom stereocenters. The summed E-state index contributed by atoms with van der Waals surface area (Å²) in [6.45, 7) is 4.76. The summed E-state index contributed by atoms with van der Waals surface area (Å²) in [5.74, 6) is -0.175. The number of carbonyl (C=O) groups is 1. The number of rotatable bonds is 3. The predicted molar refractivity (Wildman–Crippen MR) is 115 cm³/mol. The molecular weight excluding hydrogens is 397 g/mol. The Morgan fingerprint density at radius 1 is 1.19 bits per heavy atom. The van der Waals surface area contributed by atoms with Crippen LogP contribution < -0.4 is 0 Å². The quantitative estimate of drug-likeness (QED) is 0.701. The molecule has 0 aliphatic carbocycles. The van der Waals surface area contributed by atoms with Crippen molar-refractivity contribution < 1.29 is 19.0 Å². The van der Waals surface area contributed by atoms with Crippen LogP contribution >= 0.6 is 0 Å². The number of nitrogens with zero attached hydrogens (tertiary/aromatic N) is 3. The minimum absolute atomic E-state index is 0.116. The molecule has 3 heterocycles. The van der Waals surface area contributed by atoms with Crippen molar-refractivity contribution in [2.24, 2.45) is 4.99 Å². The van der Waals surface area contributed by atoms with Crippen molar-refractivity contribution >= 4 is 22.7 Å². The van der Waals surface area contributed by atoms with E-state index < -0.39 is 0 Å². The van der Waals surface area contributed by atoms with Gasteiger partial charge < -0.3 is 14.7 Å². The van der Waals surface area contributed by atoms with Crippen LogP contribution in [0.25, 0.3) is 10.9 Å². The van der Waals surface area contributed by atoms with Gasteiger partial charge in [-0.2, -0.15) is 0 Å². The standard InChI is InChI=1S/C24H22FN3O3/c1-24(2)12-31-22(27-24)18-16-9-14(8-13-4-6-15(25)7-5-13)10-26-20(16)21(29)19-17(18)11-28(3)23(19)30/h4-7,9-10,29H,8,11-12H2,1-3H3. The van der Waals surface area contributed by atoms with Crippen molar-refractivity contribution in [1.82, 2.24) is 9.88 Å². The van der Waals surface area contributed by atoms with Crippen molar-refractivity contribution in [3.63, 3.8) is 0 Å². The van der Waals surface area contributed by atoms with E-state index in [1.807, 2.05) is 19.9 Å². The summed E-state index contributed by atoms with van der Waals surface area (Å²) in [7, 11) is 1.70. The molecule has 1 aromatic heterocycles. The second-order valence-corrected chi connectivity index (χ2v) is 8.80. The van der Waals surface area contributed by atoms with E-state index in [1.54, 1.807) is 30.3 Å². The average molecular weight is 419 g/mol. The van der Waals surface area contributed by atoms with Crippen LogP contribution in [0.15, 0.2) is 41.5 Å². The molecule has 0 saturated heterocycles. The number of aliphatic imine (C=N–C) groups is 1. The molecule has 0 radical (unpaired) electrons. The fourth-order valence-corrected chi connectivity index (χ4v) is 4.22. The van der Waals surface area contributed by atoms with E-state index >= 15 is 0 Å². The van der Waals surface area contributed by atoms with Gasteiger partial charge in [-0.25, -0.2) is 9.38 Å². The number of phenolic OH excluding ortho intramolecular Hbond substituents is 1. The zero-order valence-corrected chi connectivity index (χ0v) is 17.6. The summed E-state index contributed by atoms with van der Waals surface area (Å²) in [5, 5.41) is 11.6. The van der Waals surface area contributed by atoms with Crippen molar-refractivity contribution in [3.8, 4) is 5.75 Å². The zero-order chi connectivity index (χ0) is 21.9. The van der Waals surface area contributed by atoms with E-state index in [-0.39, 0.29) is 28.6 Å². The molecular formula is C24H22FN3O3. The maximum absolute atomic E-state index is 13.3. The van der Waals surface area contributed by atoms with E-state index in [2.05, 4.69) is 4.98 Å². The highest BCUT2D eigenvalue weighted by Gasteiger charge is 2.37. The molecule has 0 fully saturated rings. The van der Waals surface area contributed by atoms with Gasteiger partial charge in [0.05, 0.1) is 16.7 Å². The number of aromatic nitrogens is 1. The molecule has 0 saturated carbocycles. The third kappa shape index (κ3) is 3.21. The van der Waals surface area contributed by atoms with Crippen LogP contribution in [-0.4, -0.2) is 46.0 Å². The number of aromatic hydroxyl groups is 1. The first kappa shape index (κ1) is 19.5. The summed E-state index contributed by atoms with van der Waals surface area (Å²) < 4.78 is 19.2. The zero-order valence-electron chi connectivity index (χ0n) is 17.6. The van der Waals surface area contributed by atoms with Crippen molar-refractivity contribution in [2.75, 3.05) is 13.7 Å². The topological polar surface area (TPSA) is 75.0 Å². The lowest BCUT2D eigenvalue weighted by Crippen LogP contribution is -2.17. The first-order valence-corrected chi connectivity index (χ1v) is 10.1. The highest BCUT2D eigenvalue weighted by molar-refractivity contribution is 6.16. The van der Waals surface area contributed by atoms with Gasteiger partial charge in [-0.1, -0.05) is 12.1 Å². The molecule has 0 bridgehead atoms. The maximum atomic E-state index is 13.3. The summed E-state index contributed by atoms with van der Waals surface area (Å²) in [5.41, 5.74) is 3.49. The Kier molecular flexibility index (Phi) is 4.25.